The number of hydrogen-bond acceptors (Lipinski definition) is 6. The first-order chi connectivity index (χ1) is 11.4. The lowest BCUT2D eigenvalue weighted by atomic mass is 10.0. The van der Waals surface area contributed by atoms with Gasteiger partial charge in [-0.05, 0) is 29.8 Å². The number of aliphatic carboxylic acids is 1. The van der Waals surface area contributed by atoms with Crippen LogP contribution in [-0.2, 0) is 9.59 Å². The molecule has 0 saturated carbocycles. The lowest BCUT2D eigenvalue weighted by Gasteiger charge is -2.49. The molecule has 0 radical (unpaired) electrons. The molecule has 1 saturated heterocycles. The largest absolute Gasteiger partial charge is 0.508 e. The van der Waals surface area contributed by atoms with Gasteiger partial charge in [-0.15, -0.1) is 11.8 Å². The molecule has 0 bridgehead atoms. The molecule has 2 aliphatic heterocycles. The van der Waals surface area contributed by atoms with E-state index in [0.717, 1.165) is 4.90 Å². The highest BCUT2D eigenvalue weighted by molar-refractivity contribution is 8.00. The first-order valence-corrected chi connectivity index (χ1v) is 8.09. The number of fused-ring (bicyclic) bond motifs is 1. The van der Waals surface area contributed by atoms with Crippen LogP contribution >= 0.6 is 11.8 Å². The van der Waals surface area contributed by atoms with Crippen LogP contribution in [0, 0.1) is 0 Å². The molecule has 0 unspecified atom stereocenters. The summed E-state index contributed by atoms with van der Waals surface area (Å²) in [7, 11) is 0. The summed E-state index contributed by atoms with van der Waals surface area (Å²) in [6.07, 6.45) is 0. The highest BCUT2D eigenvalue weighted by Gasteiger charge is 2.54. The molecule has 0 aromatic heterocycles. The lowest BCUT2D eigenvalue weighted by Crippen LogP contribution is -2.70. The predicted octanol–water partition coefficient (Wildman–Crippen LogP) is -0.263. The van der Waals surface area contributed by atoms with Crippen LogP contribution in [0.5, 0.6) is 5.75 Å². The van der Waals surface area contributed by atoms with Crippen molar-refractivity contribution in [3.8, 4) is 5.75 Å². The number of aliphatic hydroxyl groups is 1. The van der Waals surface area contributed by atoms with Gasteiger partial charge in [0.1, 0.15) is 22.9 Å². The predicted molar refractivity (Wildman–Crippen MR) is 84.2 cm³/mol. The van der Waals surface area contributed by atoms with Gasteiger partial charge in [-0.2, -0.15) is 0 Å². The summed E-state index contributed by atoms with van der Waals surface area (Å²) in [5, 5.41) is 29.8. The minimum Gasteiger partial charge on any atom is -0.508 e. The Kier molecular flexibility index (Phi) is 4.20. The van der Waals surface area contributed by atoms with Gasteiger partial charge in [0.2, 0.25) is 0 Å². The number of thioether (sulfide) groups is 1. The average molecular weight is 350 g/mol. The zero-order chi connectivity index (χ0) is 17.4. The normalized spacial score (nSPS) is 22.7. The minimum atomic E-state index is -1.28. The van der Waals surface area contributed by atoms with Crippen LogP contribution in [0.15, 0.2) is 35.5 Å². The number of phenolic OH excluding ortho intramolecular Hbond substituents is 1. The number of benzene rings is 1. The Morgan fingerprint density at radius 1 is 1.29 bits per heavy atom. The summed E-state index contributed by atoms with van der Waals surface area (Å²) in [5.74, 6) is -1.99. The number of aliphatic hydroxyl groups excluding tert-OH is 1. The number of nitrogens with one attached hydrogen (secondary N) is 1. The van der Waals surface area contributed by atoms with Crippen LogP contribution in [0.25, 0.3) is 0 Å². The van der Waals surface area contributed by atoms with E-state index in [-0.39, 0.29) is 28.3 Å². The maximum absolute atomic E-state index is 12.3. The Bertz CT molecular complexity index is 745. The molecule has 1 aromatic carbocycles. The third-order valence-corrected chi connectivity index (χ3v) is 5.20. The first kappa shape index (κ1) is 16.3. The van der Waals surface area contributed by atoms with E-state index in [2.05, 4.69) is 5.32 Å². The molecular weight excluding hydrogens is 336 g/mol. The SMILES string of the molecule is O=C(O)C1=C(CO)CS[C@H]2[C@@H](NC(=O)c3ccc(O)cc3)C(=O)N12. The van der Waals surface area contributed by atoms with E-state index in [1.165, 1.54) is 36.0 Å². The molecule has 2 amide bonds. The van der Waals surface area contributed by atoms with Gasteiger partial charge in [0.15, 0.2) is 0 Å². The van der Waals surface area contributed by atoms with Gasteiger partial charge in [-0.3, -0.25) is 14.5 Å². The summed E-state index contributed by atoms with van der Waals surface area (Å²) in [6, 6.07) is 4.74. The summed E-state index contributed by atoms with van der Waals surface area (Å²) >= 11 is 1.29. The Balaban J connectivity index is 1.76. The first-order valence-electron chi connectivity index (χ1n) is 7.04. The third-order valence-electron chi connectivity index (χ3n) is 3.86. The van der Waals surface area contributed by atoms with E-state index in [0.29, 0.717) is 0 Å². The fraction of sp³-hybridized carbons (Fsp3) is 0.267. The second-order valence-corrected chi connectivity index (χ2v) is 6.43. The molecule has 0 spiro atoms. The van der Waals surface area contributed by atoms with Crippen molar-refractivity contribution in [3.05, 3.63) is 41.1 Å². The van der Waals surface area contributed by atoms with Crippen LogP contribution in [0.1, 0.15) is 10.4 Å². The highest BCUT2D eigenvalue weighted by atomic mass is 32.2. The maximum atomic E-state index is 12.3. The Hall–Kier alpha value is -2.52. The molecule has 8 nitrogen and oxygen atoms in total. The molecule has 9 heteroatoms. The van der Waals surface area contributed by atoms with Gasteiger partial charge in [-0.25, -0.2) is 4.79 Å². The molecule has 0 aliphatic carbocycles. The summed E-state index contributed by atoms with van der Waals surface area (Å²) < 4.78 is 0. The molecule has 4 N–H and O–H groups in total. The van der Waals surface area contributed by atoms with Gasteiger partial charge in [0.25, 0.3) is 11.8 Å². The van der Waals surface area contributed by atoms with E-state index in [9.17, 15) is 29.7 Å². The molecule has 126 valence electrons. The van der Waals surface area contributed by atoms with Crippen LogP contribution in [0.2, 0.25) is 0 Å². The lowest BCUT2D eigenvalue weighted by molar-refractivity contribution is -0.148. The zero-order valence-corrected chi connectivity index (χ0v) is 13.1. The van der Waals surface area contributed by atoms with Crippen molar-refractivity contribution in [1.82, 2.24) is 10.2 Å². The smallest absolute Gasteiger partial charge is 0.352 e. The fourth-order valence-electron chi connectivity index (χ4n) is 2.64. The molecule has 2 atom stereocenters. The quantitative estimate of drug-likeness (QED) is 0.551. The van der Waals surface area contributed by atoms with E-state index < -0.39 is 35.8 Å². The van der Waals surface area contributed by atoms with Crippen molar-refractivity contribution < 1.29 is 29.7 Å². The molecule has 1 fully saturated rings. The number of carboxylic acids is 1. The van der Waals surface area contributed by atoms with Crippen LogP contribution in [0.3, 0.4) is 0 Å². The van der Waals surface area contributed by atoms with Crippen LogP contribution in [-0.4, -0.2) is 61.8 Å². The number of carboxylic acid groups (broad SMARTS) is 1. The van der Waals surface area contributed by atoms with Crippen molar-refractivity contribution >= 4 is 29.5 Å². The van der Waals surface area contributed by atoms with Crippen LogP contribution < -0.4 is 5.32 Å². The highest BCUT2D eigenvalue weighted by Crippen LogP contribution is 2.40. The number of carbonyl (C=O) groups is 3. The van der Waals surface area contributed by atoms with E-state index in [1.54, 1.807) is 0 Å². The molecular formula is C15H14N2O6S. The Labute approximate surface area is 140 Å². The second kappa shape index (κ2) is 6.17. The van der Waals surface area contributed by atoms with Gasteiger partial charge in [0, 0.05) is 11.3 Å². The van der Waals surface area contributed by atoms with Crippen molar-refractivity contribution in [2.45, 2.75) is 11.4 Å². The van der Waals surface area contributed by atoms with Crippen LogP contribution in [0.4, 0.5) is 0 Å². The van der Waals surface area contributed by atoms with Gasteiger partial charge in [0.05, 0.1) is 6.61 Å². The number of β-lactam (4-membered cyclic amide) rings is 1. The number of aromatic hydroxyl groups is 1. The zero-order valence-electron chi connectivity index (χ0n) is 12.3. The van der Waals surface area contributed by atoms with Crippen molar-refractivity contribution in [1.29, 1.82) is 0 Å². The average Bonchev–Trinajstić information content (AvgIpc) is 2.58. The number of hydrogen-bond donors (Lipinski definition) is 4. The topological polar surface area (TPSA) is 127 Å². The van der Waals surface area contributed by atoms with Gasteiger partial charge < -0.3 is 20.6 Å². The Morgan fingerprint density at radius 3 is 2.54 bits per heavy atom. The molecule has 3 rings (SSSR count). The Morgan fingerprint density at radius 2 is 1.96 bits per heavy atom. The standard InChI is InChI=1S/C15H14N2O6S/c18-5-8-6-24-14-10(13(21)17(14)11(8)15(22)23)16-12(20)7-1-3-9(19)4-2-7/h1-4,10,14,18-19H,5-6H2,(H,16,20)(H,22,23)/t10-,14-/m0/s1. The molecule has 2 aliphatic rings. The number of amides is 2. The molecule has 24 heavy (non-hydrogen) atoms. The van der Waals surface area contributed by atoms with Gasteiger partial charge in [-0.1, -0.05) is 0 Å². The number of phenols is 1. The van der Waals surface area contributed by atoms with E-state index >= 15 is 0 Å². The van der Waals surface area contributed by atoms with Crippen molar-refractivity contribution in [2.24, 2.45) is 0 Å². The molecule has 2 heterocycles. The second-order valence-electron chi connectivity index (χ2n) is 5.32. The number of carbonyl (C=O) groups excluding carboxylic acids is 2. The molecule has 1 aromatic rings. The monoisotopic (exact) mass is 350 g/mol. The fourth-order valence-corrected chi connectivity index (χ4v) is 3.98. The van der Waals surface area contributed by atoms with Crippen molar-refractivity contribution in [3.63, 3.8) is 0 Å². The number of rotatable bonds is 4. The summed E-state index contributed by atoms with van der Waals surface area (Å²) in [5.41, 5.74) is 0.353. The number of nitrogens with zero attached hydrogens (tertiary/aromatic N) is 1. The van der Waals surface area contributed by atoms with Gasteiger partial charge >= 0.3 is 5.97 Å². The third kappa shape index (κ3) is 2.61. The van der Waals surface area contributed by atoms with Crippen molar-refractivity contribution in [2.75, 3.05) is 12.4 Å². The van der Waals surface area contributed by atoms with E-state index in [4.69, 9.17) is 0 Å². The minimum absolute atomic E-state index is 0.0213. The van der Waals surface area contributed by atoms with E-state index in [1.807, 2.05) is 0 Å². The summed E-state index contributed by atoms with van der Waals surface area (Å²) in [6.45, 7) is -0.435. The summed E-state index contributed by atoms with van der Waals surface area (Å²) in [4.78, 5) is 36.9. The maximum Gasteiger partial charge on any atom is 0.352 e.